The Balaban J connectivity index is 2.10. The van der Waals surface area contributed by atoms with E-state index in [1.165, 1.54) is 11.3 Å². The lowest BCUT2D eigenvalue weighted by Crippen LogP contribution is -2.48. The molecule has 58 valence electrons. The minimum atomic E-state index is 0.0427. The van der Waals surface area contributed by atoms with Crippen LogP contribution in [0.2, 0.25) is 0 Å². The summed E-state index contributed by atoms with van der Waals surface area (Å²) in [6.45, 7) is 0.960. The van der Waals surface area contributed by atoms with Gasteiger partial charge in [-0.25, -0.2) is 4.98 Å². The number of rotatable bonds is 2. The first kappa shape index (κ1) is 6.94. The Bertz CT molecular complexity index is 253. The van der Waals surface area contributed by atoms with Gasteiger partial charge < -0.3 is 5.32 Å². The van der Waals surface area contributed by atoms with Crippen LogP contribution in [0.3, 0.4) is 0 Å². The molecule has 4 heteroatoms. The van der Waals surface area contributed by atoms with E-state index in [0.717, 1.165) is 13.0 Å². The molecule has 0 bridgehead atoms. The molecule has 1 aromatic rings. The molecule has 1 fully saturated rings. The number of hydrogen-bond acceptors (Lipinski definition) is 4. The second-order valence-electron chi connectivity index (χ2n) is 2.50. The van der Waals surface area contributed by atoms with E-state index in [2.05, 4.69) is 10.3 Å². The van der Waals surface area contributed by atoms with Crippen LogP contribution in [0.15, 0.2) is 11.6 Å². The Labute approximate surface area is 68.5 Å². The maximum absolute atomic E-state index is 11.4. The lowest BCUT2D eigenvalue weighted by Gasteiger charge is -2.24. The van der Waals surface area contributed by atoms with E-state index in [9.17, 15) is 4.79 Å². The highest BCUT2D eigenvalue weighted by molar-refractivity contribution is 7.11. The fourth-order valence-electron chi connectivity index (χ4n) is 1.01. The predicted molar refractivity (Wildman–Crippen MR) is 42.9 cm³/mol. The predicted octanol–water partition coefficient (Wildman–Crippen LogP) is 0.688. The Hall–Kier alpha value is -0.740. The first-order chi connectivity index (χ1) is 5.38. The Kier molecular flexibility index (Phi) is 1.71. The summed E-state index contributed by atoms with van der Waals surface area (Å²) in [6, 6.07) is 0.0427. The van der Waals surface area contributed by atoms with Crippen molar-refractivity contribution in [3.63, 3.8) is 0 Å². The van der Waals surface area contributed by atoms with Gasteiger partial charge in [0.05, 0.1) is 6.04 Å². The van der Waals surface area contributed by atoms with Crippen molar-refractivity contribution in [1.29, 1.82) is 0 Å². The van der Waals surface area contributed by atoms with E-state index < -0.39 is 0 Å². The molecule has 1 aliphatic rings. The van der Waals surface area contributed by atoms with Crippen LogP contribution in [-0.4, -0.2) is 23.4 Å². The molecular weight excluding hydrogens is 160 g/mol. The van der Waals surface area contributed by atoms with Gasteiger partial charge in [-0.3, -0.25) is 4.79 Å². The Morgan fingerprint density at radius 2 is 2.64 bits per heavy atom. The van der Waals surface area contributed by atoms with Crippen LogP contribution in [0.5, 0.6) is 0 Å². The van der Waals surface area contributed by atoms with Gasteiger partial charge in [-0.05, 0) is 13.0 Å². The molecule has 2 heterocycles. The molecule has 3 nitrogen and oxygen atoms in total. The third-order valence-electron chi connectivity index (χ3n) is 1.78. The van der Waals surface area contributed by atoms with Crippen molar-refractivity contribution in [2.24, 2.45) is 0 Å². The average Bonchev–Trinajstić information content (AvgIpc) is 2.32. The van der Waals surface area contributed by atoms with Crippen LogP contribution in [0.4, 0.5) is 0 Å². The number of thiazole rings is 1. The first-order valence-electron chi connectivity index (χ1n) is 3.55. The van der Waals surface area contributed by atoms with Gasteiger partial charge in [-0.15, -0.1) is 11.3 Å². The Morgan fingerprint density at radius 3 is 3.09 bits per heavy atom. The highest BCUT2D eigenvalue weighted by Gasteiger charge is 2.26. The molecule has 1 aliphatic heterocycles. The van der Waals surface area contributed by atoms with E-state index in [-0.39, 0.29) is 11.8 Å². The zero-order chi connectivity index (χ0) is 7.68. The number of hydrogen-bond donors (Lipinski definition) is 1. The van der Waals surface area contributed by atoms with Gasteiger partial charge in [0.2, 0.25) is 5.78 Å². The third-order valence-corrected chi connectivity index (χ3v) is 2.57. The molecule has 0 aliphatic carbocycles. The SMILES string of the molecule is O=C(c1nccs1)[C@@H]1CCN1. The fourth-order valence-corrected chi connectivity index (χ4v) is 1.64. The van der Waals surface area contributed by atoms with Crippen LogP contribution >= 0.6 is 11.3 Å². The highest BCUT2D eigenvalue weighted by atomic mass is 32.1. The highest BCUT2D eigenvalue weighted by Crippen LogP contribution is 2.12. The van der Waals surface area contributed by atoms with Gasteiger partial charge in [-0.1, -0.05) is 0 Å². The van der Waals surface area contributed by atoms with Gasteiger partial charge in [0, 0.05) is 11.6 Å². The molecule has 0 radical (unpaired) electrons. The first-order valence-corrected chi connectivity index (χ1v) is 4.43. The molecule has 2 rings (SSSR count). The molecule has 1 aromatic heterocycles. The van der Waals surface area contributed by atoms with Gasteiger partial charge in [0.15, 0.2) is 5.01 Å². The summed E-state index contributed by atoms with van der Waals surface area (Å²) >= 11 is 1.41. The van der Waals surface area contributed by atoms with Crippen LogP contribution in [0, 0.1) is 0 Å². The van der Waals surface area contributed by atoms with Gasteiger partial charge >= 0.3 is 0 Å². The largest absolute Gasteiger partial charge is 0.307 e. The van der Waals surface area contributed by atoms with Crippen molar-refractivity contribution in [2.45, 2.75) is 12.5 Å². The second kappa shape index (κ2) is 2.71. The molecule has 0 saturated carbocycles. The van der Waals surface area contributed by atoms with E-state index >= 15 is 0 Å². The number of carbonyl (C=O) groups excluding carboxylic acids is 1. The zero-order valence-electron chi connectivity index (χ0n) is 5.91. The van der Waals surface area contributed by atoms with Crippen LogP contribution < -0.4 is 5.32 Å². The summed E-state index contributed by atoms with van der Waals surface area (Å²) in [7, 11) is 0. The van der Waals surface area contributed by atoms with Crippen molar-refractivity contribution in [3.05, 3.63) is 16.6 Å². The van der Waals surface area contributed by atoms with E-state index in [1.807, 2.05) is 5.38 Å². The normalized spacial score (nSPS) is 22.7. The summed E-state index contributed by atoms with van der Waals surface area (Å²) in [4.78, 5) is 15.3. The van der Waals surface area contributed by atoms with Crippen LogP contribution in [0.25, 0.3) is 0 Å². The average molecular weight is 168 g/mol. The van der Waals surface area contributed by atoms with Crippen LogP contribution in [-0.2, 0) is 0 Å². The van der Waals surface area contributed by atoms with Crippen molar-refractivity contribution < 1.29 is 4.79 Å². The summed E-state index contributed by atoms with van der Waals surface area (Å²) in [5.74, 6) is 0.145. The standard InChI is InChI=1S/C7H8N2OS/c10-6(5-1-2-8-5)7-9-3-4-11-7/h3-5,8H,1-2H2/t5-/m0/s1. The van der Waals surface area contributed by atoms with Crippen molar-refractivity contribution in [3.8, 4) is 0 Å². The topological polar surface area (TPSA) is 42.0 Å². The number of ketones is 1. The summed E-state index contributed by atoms with van der Waals surface area (Å²) in [5.41, 5.74) is 0. The minimum absolute atomic E-state index is 0.0427. The summed E-state index contributed by atoms with van der Waals surface area (Å²) in [6.07, 6.45) is 2.62. The van der Waals surface area contributed by atoms with Gasteiger partial charge in [0.1, 0.15) is 0 Å². The van der Waals surface area contributed by atoms with Gasteiger partial charge in [-0.2, -0.15) is 0 Å². The van der Waals surface area contributed by atoms with E-state index in [1.54, 1.807) is 6.20 Å². The van der Waals surface area contributed by atoms with E-state index in [4.69, 9.17) is 0 Å². The summed E-state index contributed by atoms with van der Waals surface area (Å²) < 4.78 is 0. The number of aromatic nitrogens is 1. The second-order valence-corrected chi connectivity index (χ2v) is 3.39. The molecule has 0 spiro atoms. The molecule has 0 amide bonds. The van der Waals surface area contributed by atoms with Crippen molar-refractivity contribution in [2.75, 3.05) is 6.54 Å². The molecule has 0 aromatic carbocycles. The molecular formula is C7H8N2OS. The maximum atomic E-state index is 11.4. The van der Waals surface area contributed by atoms with Crippen molar-refractivity contribution >= 4 is 17.1 Å². The number of nitrogens with zero attached hydrogens (tertiary/aromatic N) is 1. The molecule has 1 atom stereocenters. The number of carbonyl (C=O) groups is 1. The van der Waals surface area contributed by atoms with Crippen molar-refractivity contribution in [1.82, 2.24) is 10.3 Å². The third kappa shape index (κ3) is 1.19. The number of nitrogens with one attached hydrogen (secondary N) is 1. The lowest BCUT2D eigenvalue weighted by atomic mass is 10.0. The molecule has 0 unspecified atom stereocenters. The smallest absolute Gasteiger partial charge is 0.208 e. The zero-order valence-corrected chi connectivity index (χ0v) is 6.73. The Morgan fingerprint density at radius 1 is 1.82 bits per heavy atom. The quantitative estimate of drug-likeness (QED) is 0.660. The lowest BCUT2D eigenvalue weighted by molar-refractivity contribution is 0.0904. The maximum Gasteiger partial charge on any atom is 0.208 e. The van der Waals surface area contributed by atoms with Crippen LogP contribution in [0.1, 0.15) is 16.2 Å². The molecule has 1 saturated heterocycles. The summed E-state index contributed by atoms with van der Waals surface area (Å²) in [5, 5.41) is 5.50. The minimum Gasteiger partial charge on any atom is -0.307 e. The van der Waals surface area contributed by atoms with Gasteiger partial charge in [0.25, 0.3) is 0 Å². The molecule has 1 N–H and O–H groups in total. The molecule has 11 heavy (non-hydrogen) atoms. The monoisotopic (exact) mass is 168 g/mol. The number of Topliss-reactive ketones (excluding diaryl/α,β-unsaturated/α-hetero) is 1. The fraction of sp³-hybridized carbons (Fsp3) is 0.429. The van der Waals surface area contributed by atoms with E-state index in [0.29, 0.717) is 5.01 Å².